The normalized spacial score (nSPS) is 14.3. The summed E-state index contributed by atoms with van der Waals surface area (Å²) in [5.41, 5.74) is 10.8. The summed E-state index contributed by atoms with van der Waals surface area (Å²) in [5, 5.41) is 3.33. The van der Waals surface area contributed by atoms with Crippen molar-refractivity contribution >= 4 is 17.3 Å². The molecule has 0 amide bonds. The molecule has 2 aromatic heterocycles. The van der Waals surface area contributed by atoms with Crippen molar-refractivity contribution in [3.63, 3.8) is 0 Å². The van der Waals surface area contributed by atoms with E-state index in [0.717, 1.165) is 37.6 Å². The van der Waals surface area contributed by atoms with Crippen molar-refractivity contribution in [1.82, 2.24) is 19.9 Å². The van der Waals surface area contributed by atoms with Crippen LogP contribution >= 0.6 is 0 Å². The van der Waals surface area contributed by atoms with Crippen LogP contribution in [0.5, 0.6) is 0 Å². The van der Waals surface area contributed by atoms with Crippen molar-refractivity contribution < 1.29 is 0 Å². The standard InChI is InChI=1S/C27H29N7/c28-24-26(30-19-21-8-7-13-29-18-21)31-20-32-27(24)34-16-14-33(15-17-34)25(22-9-3-1-4-10-22)23-11-5-2-6-12-23/h1-13,18,20,25H,14-17,19,28H2,(H,30,31,32). The number of nitrogens with one attached hydrogen (secondary N) is 1. The maximum atomic E-state index is 6.50. The molecule has 3 heterocycles. The van der Waals surface area contributed by atoms with Gasteiger partial charge in [0.05, 0.1) is 6.04 Å². The number of pyridine rings is 1. The Labute approximate surface area is 200 Å². The fourth-order valence-corrected chi connectivity index (χ4v) is 4.54. The number of piperazine rings is 1. The highest BCUT2D eigenvalue weighted by atomic mass is 15.3. The van der Waals surface area contributed by atoms with Gasteiger partial charge in [0.15, 0.2) is 11.6 Å². The lowest BCUT2D eigenvalue weighted by Gasteiger charge is -2.40. The quantitative estimate of drug-likeness (QED) is 0.440. The first kappa shape index (κ1) is 21.9. The lowest BCUT2D eigenvalue weighted by Crippen LogP contribution is -2.48. The number of benzene rings is 2. The number of rotatable bonds is 7. The van der Waals surface area contributed by atoms with Crippen LogP contribution in [0.1, 0.15) is 22.7 Å². The van der Waals surface area contributed by atoms with E-state index >= 15 is 0 Å². The molecule has 0 unspecified atom stereocenters. The van der Waals surface area contributed by atoms with Gasteiger partial charge in [-0.05, 0) is 22.8 Å². The lowest BCUT2D eigenvalue weighted by atomic mass is 9.96. The number of nitrogen functional groups attached to an aromatic ring is 1. The zero-order valence-electron chi connectivity index (χ0n) is 19.1. The zero-order chi connectivity index (χ0) is 23.2. The maximum absolute atomic E-state index is 6.50. The molecule has 0 spiro atoms. The highest BCUT2D eigenvalue weighted by molar-refractivity contribution is 5.75. The summed E-state index contributed by atoms with van der Waals surface area (Å²) in [6, 6.07) is 25.6. The van der Waals surface area contributed by atoms with Crippen molar-refractivity contribution in [3.05, 3.63) is 108 Å². The summed E-state index contributed by atoms with van der Waals surface area (Å²) in [6.07, 6.45) is 5.18. The van der Waals surface area contributed by atoms with Crippen molar-refractivity contribution in [3.8, 4) is 0 Å². The molecule has 7 nitrogen and oxygen atoms in total. The Morgan fingerprint density at radius 3 is 2.12 bits per heavy atom. The molecule has 0 saturated carbocycles. The minimum Gasteiger partial charge on any atom is -0.393 e. The zero-order valence-corrected chi connectivity index (χ0v) is 19.1. The van der Waals surface area contributed by atoms with Crippen LogP contribution in [-0.2, 0) is 6.54 Å². The van der Waals surface area contributed by atoms with Crippen LogP contribution in [0.4, 0.5) is 17.3 Å². The number of anilines is 3. The van der Waals surface area contributed by atoms with Crippen LogP contribution in [0.25, 0.3) is 0 Å². The van der Waals surface area contributed by atoms with E-state index in [-0.39, 0.29) is 6.04 Å². The molecule has 0 aliphatic carbocycles. The first-order valence-corrected chi connectivity index (χ1v) is 11.6. The molecule has 4 aromatic rings. The second-order valence-electron chi connectivity index (χ2n) is 8.42. The van der Waals surface area contributed by atoms with Gasteiger partial charge in [0.25, 0.3) is 0 Å². The molecule has 1 saturated heterocycles. The molecular formula is C27H29N7. The monoisotopic (exact) mass is 451 g/mol. The molecule has 2 aromatic carbocycles. The Kier molecular flexibility index (Phi) is 6.63. The molecule has 34 heavy (non-hydrogen) atoms. The second kappa shape index (κ2) is 10.3. The van der Waals surface area contributed by atoms with Crippen LogP contribution in [0.2, 0.25) is 0 Å². The number of hydrogen-bond acceptors (Lipinski definition) is 7. The Morgan fingerprint density at radius 2 is 1.50 bits per heavy atom. The highest BCUT2D eigenvalue weighted by Gasteiger charge is 2.28. The van der Waals surface area contributed by atoms with Crippen molar-refractivity contribution in [2.75, 3.05) is 42.1 Å². The smallest absolute Gasteiger partial charge is 0.157 e. The lowest BCUT2D eigenvalue weighted by molar-refractivity contribution is 0.212. The first-order chi connectivity index (χ1) is 16.8. The molecule has 5 rings (SSSR count). The molecule has 1 aliphatic rings. The molecule has 1 aliphatic heterocycles. The Hall–Kier alpha value is -3.97. The van der Waals surface area contributed by atoms with E-state index in [0.29, 0.717) is 18.1 Å². The predicted molar refractivity (Wildman–Crippen MR) is 137 cm³/mol. The van der Waals surface area contributed by atoms with Crippen molar-refractivity contribution in [2.24, 2.45) is 0 Å². The van der Waals surface area contributed by atoms with E-state index in [1.807, 2.05) is 18.3 Å². The summed E-state index contributed by atoms with van der Waals surface area (Å²) in [4.78, 5) is 17.8. The number of hydrogen-bond donors (Lipinski definition) is 2. The van der Waals surface area contributed by atoms with E-state index < -0.39 is 0 Å². The van der Waals surface area contributed by atoms with Gasteiger partial charge in [-0.25, -0.2) is 9.97 Å². The van der Waals surface area contributed by atoms with E-state index in [2.05, 4.69) is 90.7 Å². The van der Waals surface area contributed by atoms with Gasteiger partial charge in [-0.15, -0.1) is 0 Å². The third-order valence-corrected chi connectivity index (χ3v) is 6.26. The van der Waals surface area contributed by atoms with Crippen LogP contribution in [0.15, 0.2) is 91.5 Å². The molecule has 0 radical (unpaired) electrons. The van der Waals surface area contributed by atoms with Crippen molar-refractivity contribution in [2.45, 2.75) is 12.6 Å². The van der Waals surface area contributed by atoms with Gasteiger partial charge in [-0.1, -0.05) is 66.7 Å². The van der Waals surface area contributed by atoms with Crippen LogP contribution < -0.4 is 16.0 Å². The van der Waals surface area contributed by atoms with Gasteiger partial charge in [0, 0.05) is 45.1 Å². The Bertz CT molecular complexity index is 1140. The highest BCUT2D eigenvalue weighted by Crippen LogP contribution is 2.32. The minimum atomic E-state index is 0.226. The molecule has 1 fully saturated rings. The largest absolute Gasteiger partial charge is 0.393 e. The summed E-state index contributed by atoms with van der Waals surface area (Å²) < 4.78 is 0. The molecule has 7 heteroatoms. The average Bonchev–Trinajstić information content (AvgIpc) is 2.91. The fraction of sp³-hybridized carbons (Fsp3) is 0.222. The van der Waals surface area contributed by atoms with Crippen molar-refractivity contribution in [1.29, 1.82) is 0 Å². The Morgan fingerprint density at radius 1 is 0.824 bits per heavy atom. The van der Waals surface area contributed by atoms with Gasteiger partial charge in [0.2, 0.25) is 0 Å². The third kappa shape index (κ3) is 4.84. The second-order valence-corrected chi connectivity index (χ2v) is 8.42. The Balaban J connectivity index is 1.30. The summed E-state index contributed by atoms with van der Waals surface area (Å²) in [7, 11) is 0. The van der Waals surface area contributed by atoms with Gasteiger partial charge in [-0.3, -0.25) is 9.88 Å². The predicted octanol–water partition coefficient (Wildman–Crippen LogP) is 3.98. The van der Waals surface area contributed by atoms with Crippen LogP contribution in [-0.4, -0.2) is 46.0 Å². The van der Waals surface area contributed by atoms with Gasteiger partial charge in [-0.2, -0.15) is 0 Å². The van der Waals surface area contributed by atoms with Crippen LogP contribution in [0, 0.1) is 0 Å². The molecule has 0 atom stereocenters. The third-order valence-electron chi connectivity index (χ3n) is 6.26. The molecular weight excluding hydrogens is 422 g/mol. The van der Waals surface area contributed by atoms with E-state index in [1.54, 1.807) is 12.5 Å². The van der Waals surface area contributed by atoms with Gasteiger partial charge >= 0.3 is 0 Å². The fourth-order valence-electron chi connectivity index (χ4n) is 4.54. The van der Waals surface area contributed by atoms with E-state index in [1.165, 1.54) is 11.1 Å². The van der Waals surface area contributed by atoms with Crippen LogP contribution in [0.3, 0.4) is 0 Å². The molecule has 0 bridgehead atoms. The first-order valence-electron chi connectivity index (χ1n) is 11.6. The summed E-state index contributed by atoms with van der Waals surface area (Å²) >= 11 is 0. The molecule has 172 valence electrons. The van der Waals surface area contributed by atoms with E-state index in [4.69, 9.17) is 5.73 Å². The SMILES string of the molecule is Nc1c(NCc2cccnc2)ncnc1N1CCN(C(c2ccccc2)c2ccccc2)CC1. The number of aromatic nitrogens is 3. The minimum absolute atomic E-state index is 0.226. The van der Waals surface area contributed by atoms with E-state index in [9.17, 15) is 0 Å². The van der Waals surface area contributed by atoms with Gasteiger partial charge in [0.1, 0.15) is 12.0 Å². The molecule has 3 N–H and O–H groups in total. The maximum Gasteiger partial charge on any atom is 0.157 e. The summed E-state index contributed by atoms with van der Waals surface area (Å²) in [5.74, 6) is 1.45. The average molecular weight is 452 g/mol. The number of nitrogens with two attached hydrogens (primary N) is 1. The topological polar surface area (TPSA) is 83.2 Å². The number of nitrogens with zero attached hydrogens (tertiary/aromatic N) is 5. The van der Waals surface area contributed by atoms with Gasteiger partial charge < -0.3 is 16.0 Å². The summed E-state index contributed by atoms with van der Waals surface area (Å²) in [6.45, 7) is 4.13.